The Kier molecular flexibility index (Phi) is 6.76. The zero-order chi connectivity index (χ0) is 16.4. The Morgan fingerprint density at radius 1 is 1.12 bits per heavy atom. The second-order valence-electron chi connectivity index (χ2n) is 7.34. The molecule has 1 N–H and O–H groups in total. The number of nitrogens with one attached hydrogen (secondary N) is 1. The van der Waals surface area contributed by atoms with E-state index < -0.39 is 0 Å². The largest absolute Gasteiger partial charge is 0.345 e. The highest BCUT2D eigenvalue weighted by atomic mass is 35.5. The van der Waals surface area contributed by atoms with E-state index in [4.69, 9.17) is 0 Å². The van der Waals surface area contributed by atoms with Gasteiger partial charge in [0.15, 0.2) is 0 Å². The first-order valence-corrected chi connectivity index (χ1v) is 9.26. The maximum Gasteiger partial charge on any atom is 0.255 e. The fourth-order valence-electron chi connectivity index (χ4n) is 4.44. The Morgan fingerprint density at radius 3 is 2.38 bits per heavy atom. The van der Waals surface area contributed by atoms with Crippen LogP contribution in [-0.4, -0.2) is 41.6 Å². The highest BCUT2D eigenvalue weighted by Crippen LogP contribution is 2.32. The summed E-state index contributed by atoms with van der Waals surface area (Å²) >= 11 is 0. The van der Waals surface area contributed by atoms with Gasteiger partial charge in [-0.2, -0.15) is 0 Å². The van der Waals surface area contributed by atoms with Gasteiger partial charge in [-0.3, -0.25) is 4.79 Å². The quantitative estimate of drug-likeness (QED) is 0.896. The van der Waals surface area contributed by atoms with E-state index >= 15 is 0 Å². The van der Waals surface area contributed by atoms with E-state index in [2.05, 4.69) is 29.8 Å². The molecule has 0 radical (unpaired) electrons. The number of piperidine rings is 1. The lowest BCUT2D eigenvalue weighted by Crippen LogP contribution is -2.44. The Bertz CT molecular complexity index is 557. The first kappa shape index (κ1) is 19.3. The smallest absolute Gasteiger partial charge is 0.255 e. The van der Waals surface area contributed by atoms with Gasteiger partial charge < -0.3 is 14.8 Å². The molecule has 0 aromatic carbocycles. The number of aromatic nitrogens is 1. The van der Waals surface area contributed by atoms with Gasteiger partial charge in [0.2, 0.25) is 0 Å². The summed E-state index contributed by atoms with van der Waals surface area (Å²) < 4.78 is 2.43. The van der Waals surface area contributed by atoms with Crippen molar-refractivity contribution in [1.82, 2.24) is 14.8 Å². The molecule has 24 heavy (non-hydrogen) atoms. The number of carbonyl (C=O) groups excluding carboxylic acids is 1. The lowest BCUT2D eigenvalue weighted by atomic mass is 9.95. The summed E-state index contributed by atoms with van der Waals surface area (Å²) in [7, 11) is 1.98. The summed E-state index contributed by atoms with van der Waals surface area (Å²) in [4.78, 5) is 15.0. The monoisotopic (exact) mass is 353 g/mol. The van der Waals surface area contributed by atoms with Crippen LogP contribution in [0.25, 0.3) is 0 Å². The van der Waals surface area contributed by atoms with Gasteiger partial charge in [0, 0.05) is 30.5 Å². The maximum absolute atomic E-state index is 13.0. The van der Waals surface area contributed by atoms with E-state index in [1.54, 1.807) is 0 Å². The number of rotatable bonds is 3. The Labute approximate surface area is 152 Å². The van der Waals surface area contributed by atoms with E-state index in [-0.39, 0.29) is 18.3 Å². The molecule has 4 nitrogen and oxygen atoms in total. The Hall–Kier alpha value is -1.000. The molecule has 0 unspecified atom stereocenters. The van der Waals surface area contributed by atoms with Crippen LogP contribution in [0, 0.1) is 13.8 Å². The summed E-state index contributed by atoms with van der Waals surface area (Å²) in [5, 5.41) is 3.37. The summed E-state index contributed by atoms with van der Waals surface area (Å²) in [5.74, 6) is 0.201. The third-order valence-electron chi connectivity index (χ3n) is 5.83. The van der Waals surface area contributed by atoms with Crippen LogP contribution in [-0.2, 0) is 0 Å². The van der Waals surface area contributed by atoms with Gasteiger partial charge in [-0.25, -0.2) is 0 Å². The average molecular weight is 354 g/mol. The van der Waals surface area contributed by atoms with Gasteiger partial charge in [-0.1, -0.05) is 19.3 Å². The van der Waals surface area contributed by atoms with Crippen molar-refractivity contribution in [3.63, 3.8) is 0 Å². The van der Waals surface area contributed by atoms with Crippen LogP contribution in [0.5, 0.6) is 0 Å². The number of aryl methyl sites for hydroxylation is 1. The third-order valence-corrected chi connectivity index (χ3v) is 5.83. The number of carbonyl (C=O) groups is 1. The van der Waals surface area contributed by atoms with Gasteiger partial charge in [-0.05, 0) is 58.7 Å². The predicted molar refractivity (Wildman–Crippen MR) is 101 cm³/mol. The van der Waals surface area contributed by atoms with Crippen LogP contribution in [0.1, 0.15) is 72.7 Å². The average Bonchev–Trinajstić information content (AvgIpc) is 2.89. The first-order chi connectivity index (χ1) is 11.1. The van der Waals surface area contributed by atoms with Crippen LogP contribution in [0.15, 0.2) is 6.07 Å². The number of halogens is 1. The molecule has 1 aromatic heterocycles. The molecule has 1 aliphatic carbocycles. The molecule has 1 saturated heterocycles. The Balaban J connectivity index is 0.00000208. The molecule has 0 spiro atoms. The lowest BCUT2D eigenvalue weighted by Gasteiger charge is -2.32. The topological polar surface area (TPSA) is 37.3 Å². The van der Waals surface area contributed by atoms with Crippen LogP contribution >= 0.6 is 12.4 Å². The molecule has 0 atom stereocenters. The minimum Gasteiger partial charge on any atom is -0.345 e. The second kappa shape index (κ2) is 8.39. The minimum atomic E-state index is 0. The molecule has 5 heteroatoms. The van der Waals surface area contributed by atoms with Crippen molar-refractivity contribution in [3.05, 3.63) is 23.0 Å². The second-order valence-corrected chi connectivity index (χ2v) is 7.34. The fraction of sp³-hybridized carbons (Fsp3) is 0.737. The van der Waals surface area contributed by atoms with Crippen molar-refractivity contribution >= 4 is 18.3 Å². The molecule has 136 valence electrons. The molecule has 1 aliphatic heterocycles. The van der Waals surface area contributed by atoms with Gasteiger partial charge in [0.25, 0.3) is 5.91 Å². The normalized spacial score (nSPS) is 19.8. The molecule has 2 fully saturated rings. The molecule has 1 amide bonds. The molecule has 1 saturated carbocycles. The van der Waals surface area contributed by atoms with Crippen molar-refractivity contribution in [2.45, 2.75) is 70.9 Å². The molecule has 2 aliphatic rings. The predicted octanol–water partition coefficient (Wildman–Crippen LogP) is 3.86. The van der Waals surface area contributed by atoms with Gasteiger partial charge in [0.05, 0.1) is 5.56 Å². The van der Waals surface area contributed by atoms with Crippen molar-refractivity contribution in [3.8, 4) is 0 Å². The lowest BCUT2D eigenvalue weighted by molar-refractivity contribution is 0.0702. The molecule has 1 aromatic rings. The summed E-state index contributed by atoms with van der Waals surface area (Å²) in [6, 6.07) is 3.08. The van der Waals surface area contributed by atoms with Gasteiger partial charge in [-0.15, -0.1) is 12.4 Å². The molecular weight excluding hydrogens is 322 g/mol. The SMILES string of the molecule is Cc1cc(C(=O)N(C)C2CCNCC2)c(C)n1C1CCCCC1.Cl. The van der Waals surface area contributed by atoms with Crippen LogP contribution in [0.2, 0.25) is 0 Å². The van der Waals surface area contributed by atoms with Crippen molar-refractivity contribution in [2.24, 2.45) is 0 Å². The van der Waals surface area contributed by atoms with E-state index in [9.17, 15) is 4.79 Å². The number of hydrogen-bond acceptors (Lipinski definition) is 2. The highest BCUT2D eigenvalue weighted by molar-refractivity contribution is 5.95. The van der Waals surface area contributed by atoms with E-state index in [1.165, 1.54) is 43.5 Å². The zero-order valence-corrected chi connectivity index (χ0v) is 16.1. The van der Waals surface area contributed by atoms with Crippen molar-refractivity contribution in [2.75, 3.05) is 20.1 Å². The summed E-state index contributed by atoms with van der Waals surface area (Å²) in [6.07, 6.45) is 8.63. The third kappa shape index (κ3) is 3.80. The summed E-state index contributed by atoms with van der Waals surface area (Å²) in [5.41, 5.74) is 3.32. The zero-order valence-electron chi connectivity index (χ0n) is 15.3. The van der Waals surface area contributed by atoms with E-state index in [0.717, 1.165) is 31.5 Å². The molecule has 2 heterocycles. The fourth-order valence-corrected chi connectivity index (χ4v) is 4.44. The molecule has 3 rings (SSSR count). The van der Waals surface area contributed by atoms with Crippen molar-refractivity contribution in [1.29, 1.82) is 0 Å². The van der Waals surface area contributed by atoms with Crippen LogP contribution in [0.3, 0.4) is 0 Å². The van der Waals surface area contributed by atoms with Crippen LogP contribution < -0.4 is 5.32 Å². The number of amides is 1. The summed E-state index contributed by atoms with van der Waals surface area (Å²) in [6.45, 7) is 6.32. The molecular formula is C19H32ClN3O. The van der Waals surface area contributed by atoms with E-state index in [1.807, 2.05) is 11.9 Å². The molecule has 0 bridgehead atoms. The van der Waals surface area contributed by atoms with Gasteiger partial charge in [0.1, 0.15) is 0 Å². The number of nitrogens with zero attached hydrogens (tertiary/aromatic N) is 2. The van der Waals surface area contributed by atoms with Crippen LogP contribution in [0.4, 0.5) is 0 Å². The number of hydrogen-bond donors (Lipinski definition) is 1. The highest BCUT2D eigenvalue weighted by Gasteiger charge is 2.27. The van der Waals surface area contributed by atoms with Crippen molar-refractivity contribution < 1.29 is 4.79 Å². The standard InChI is InChI=1S/C19H31N3O.ClH/c1-14-13-18(15(2)22(14)17-7-5-4-6-8-17)19(23)21(3)16-9-11-20-12-10-16;/h13,16-17,20H,4-12H2,1-3H3;1H. The van der Waals surface area contributed by atoms with Gasteiger partial charge >= 0.3 is 0 Å². The Morgan fingerprint density at radius 2 is 1.75 bits per heavy atom. The minimum absolute atomic E-state index is 0. The maximum atomic E-state index is 13.0. The van der Waals surface area contributed by atoms with E-state index in [0.29, 0.717) is 12.1 Å². The first-order valence-electron chi connectivity index (χ1n) is 9.26.